The molecule has 0 amide bonds. The number of rotatable bonds is 9. The highest BCUT2D eigenvalue weighted by Gasteiger charge is 1.97. The fourth-order valence-corrected chi connectivity index (χ4v) is 1.06. The minimum Gasteiger partial charge on any atom is -0.380 e. The van der Waals surface area contributed by atoms with E-state index in [0.29, 0.717) is 6.04 Å². The molecule has 1 unspecified atom stereocenters. The lowest BCUT2D eigenvalue weighted by Gasteiger charge is -2.13. The normalized spacial score (nSPS) is 13.2. The van der Waals surface area contributed by atoms with Crippen LogP contribution in [0.1, 0.15) is 27.2 Å². The van der Waals surface area contributed by atoms with Crippen molar-refractivity contribution in [1.29, 1.82) is 0 Å². The van der Waals surface area contributed by atoms with Crippen LogP contribution in [-0.4, -0.2) is 38.9 Å². The molecule has 3 nitrogen and oxygen atoms in total. The summed E-state index contributed by atoms with van der Waals surface area (Å²) in [6.45, 7) is 11.2. The molecule has 0 aromatic carbocycles. The first-order valence-corrected chi connectivity index (χ1v) is 5.33. The van der Waals surface area contributed by atoms with E-state index in [4.69, 9.17) is 4.74 Å². The van der Waals surface area contributed by atoms with Crippen molar-refractivity contribution < 1.29 is 4.74 Å². The summed E-state index contributed by atoms with van der Waals surface area (Å²) in [6.07, 6.45) is 1.10. The van der Waals surface area contributed by atoms with E-state index in [0.717, 1.165) is 39.3 Å². The second-order valence-electron chi connectivity index (χ2n) is 3.28. The van der Waals surface area contributed by atoms with Crippen molar-refractivity contribution in [3.8, 4) is 0 Å². The molecule has 0 aliphatic carbocycles. The smallest absolute Gasteiger partial charge is 0.0591 e. The van der Waals surface area contributed by atoms with Gasteiger partial charge in [0.15, 0.2) is 0 Å². The Hall–Kier alpha value is -0.120. The molecule has 0 bridgehead atoms. The van der Waals surface area contributed by atoms with Crippen LogP contribution in [0.3, 0.4) is 0 Å². The van der Waals surface area contributed by atoms with Crippen molar-refractivity contribution in [3.05, 3.63) is 0 Å². The first kappa shape index (κ1) is 12.9. The molecule has 0 saturated heterocycles. The molecule has 0 fully saturated rings. The molecule has 0 aliphatic rings. The van der Waals surface area contributed by atoms with Crippen molar-refractivity contribution in [2.24, 2.45) is 0 Å². The molecule has 0 aliphatic heterocycles. The summed E-state index contributed by atoms with van der Waals surface area (Å²) in [5.74, 6) is 0. The van der Waals surface area contributed by atoms with Crippen molar-refractivity contribution in [2.75, 3.05) is 32.8 Å². The van der Waals surface area contributed by atoms with Gasteiger partial charge in [-0.3, -0.25) is 0 Å². The summed E-state index contributed by atoms with van der Waals surface area (Å²) in [5.41, 5.74) is 0. The van der Waals surface area contributed by atoms with Crippen LogP contribution in [0.25, 0.3) is 0 Å². The van der Waals surface area contributed by atoms with Gasteiger partial charge >= 0.3 is 0 Å². The molecule has 2 N–H and O–H groups in total. The maximum Gasteiger partial charge on any atom is 0.0591 e. The Morgan fingerprint density at radius 2 is 2.00 bits per heavy atom. The van der Waals surface area contributed by atoms with Gasteiger partial charge in [0.2, 0.25) is 0 Å². The Balaban J connectivity index is 3.03. The quantitative estimate of drug-likeness (QED) is 0.530. The van der Waals surface area contributed by atoms with E-state index in [9.17, 15) is 0 Å². The molecule has 0 saturated carbocycles. The summed E-state index contributed by atoms with van der Waals surface area (Å²) in [5, 5.41) is 6.69. The third kappa shape index (κ3) is 9.80. The molecular formula is C10H24N2O. The van der Waals surface area contributed by atoms with Crippen LogP contribution in [0.4, 0.5) is 0 Å². The summed E-state index contributed by atoms with van der Waals surface area (Å²) in [4.78, 5) is 0. The Kier molecular flexibility index (Phi) is 9.87. The van der Waals surface area contributed by atoms with Crippen LogP contribution < -0.4 is 10.6 Å². The van der Waals surface area contributed by atoms with E-state index in [1.165, 1.54) is 0 Å². The Morgan fingerprint density at radius 1 is 1.23 bits per heavy atom. The molecule has 13 heavy (non-hydrogen) atoms. The lowest BCUT2D eigenvalue weighted by molar-refractivity contribution is 0.134. The average molecular weight is 188 g/mol. The number of ether oxygens (including phenoxy) is 1. The summed E-state index contributed by atoms with van der Waals surface area (Å²) < 4.78 is 5.35. The molecule has 0 aromatic rings. The minimum atomic E-state index is 0.533. The molecule has 0 radical (unpaired) electrons. The Labute approximate surface area is 82.2 Å². The molecular weight excluding hydrogens is 164 g/mol. The van der Waals surface area contributed by atoms with Gasteiger partial charge < -0.3 is 15.4 Å². The first-order chi connectivity index (χ1) is 6.31. The molecule has 80 valence electrons. The van der Waals surface area contributed by atoms with Crippen LogP contribution >= 0.6 is 0 Å². The van der Waals surface area contributed by atoms with Gasteiger partial charge in [-0.15, -0.1) is 0 Å². The van der Waals surface area contributed by atoms with Crippen molar-refractivity contribution in [3.63, 3.8) is 0 Å². The molecule has 0 aromatic heterocycles. The zero-order valence-corrected chi connectivity index (χ0v) is 9.23. The van der Waals surface area contributed by atoms with Crippen LogP contribution in [0.5, 0.6) is 0 Å². The second-order valence-corrected chi connectivity index (χ2v) is 3.28. The lowest BCUT2D eigenvalue weighted by Crippen LogP contribution is -2.37. The van der Waals surface area contributed by atoms with E-state index in [1.54, 1.807) is 0 Å². The Bertz CT molecular complexity index is 98.9. The first-order valence-electron chi connectivity index (χ1n) is 5.33. The summed E-state index contributed by atoms with van der Waals surface area (Å²) in [6, 6.07) is 0.533. The van der Waals surface area contributed by atoms with Crippen molar-refractivity contribution >= 4 is 0 Å². The molecule has 0 heterocycles. The molecule has 0 rings (SSSR count). The van der Waals surface area contributed by atoms with Crippen molar-refractivity contribution in [1.82, 2.24) is 10.6 Å². The van der Waals surface area contributed by atoms with Gasteiger partial charge in [-0.05, 0) is 19.9 Å². The largest absolute Gasteiger partial charge is 0.380 e. The standard InChI is InChI=1S/C10H24N2O/c1-4-7-13-8-6-12-10(3)9-11-5-2/h10-12H,4-9H2,1-3H3. The van der Waals surface area contributed by atoms with Crippen LogP contribution in [0.2, 0.25) is 0 Å². The van der Waals surface area contributed by atoms with Gasteiger partial charge in [-0.1, -0.05) is 13.8 Å². The number of hydrogen-bond donors (Lipinski definition) is 2. The third-order valence-electron chi connectivity index (χ3n) is 1.79. The van der Waals surface area contributed by atoms with Crippen molar-refractivity contribution in [2.45, 2.75) is 33.2 Å². The van der Waals surface area contributed by atoms with E-state index >= 15 is 0 Å². The maximum absolute atomic E-state index is 5.35. The molecule has 3 heteroatoms. The Morgan fingerprint density at radius 3 is 2.62 bits per heavy atom. The van der Waals surface area contributed by atoms with Gasteiger partial charge in [-0.2, -0.15) is 0 Å². The van der Waals surface area contributed by atoms with Crippen LogP contribution in [0.15, 0.2) is 0 Å². The SMILES string of the molecule is CCCOCCNC(C)CNCC. The van der Waals surface area contributed by atoms with Gasteiger partial charge in [0, 0.05) is 25.7 Å². The number of hydrogen-bond acceptors (Lipinski definition) is 3. The zero-order valence-electron chi connectivity index (χ0n) is 9.23. The fraction of sp³-hybridized carbons (Fsp3) is 1.00. The fourth-order valence-electron chi connectivity index (χ4n) is 1.06. The monoisotopic (exact) mass is 188 g/mol. The third-order valence-corrected chi connectivity index (χ3v) is 1.79. The zero-order chi connectivity index (χ0) is 9.94. The predicted molar refractivity (Wildman–Crippen MR) is 57.1 cm³/mol. The van der Waals surface area contributed by atoms with E-state index in [1.807, 2.05) is 0 Å². The van der Waals surface area contributed by atoms with E-state index in [-0.39, 0.29) is 0 Å². The van der Waals surface area contributed by atoms with Gasteiger partial charge in [0.05, 0.1) is 6.61 Å². The highest BCUT2D eigenvalue weighted by Crippen LogP contribution is 1.81. The second kappa shape index (κ2) is 9.96. The average Bonchev–Trinajstić information content (AvgIpc) is 2.14. The molecule has 1 atom stereocenters. The van der Waals surface area contributed by atoms with Gasteiger partial charge in [0.25, 0.3) is 0 Å². The van der Waals surface area contributed by atoms with Crippen LogP contribution in [-0.2, 0) is 4.74 Å². The number of nitrogens with one attached hydrogen (secondary N) is 2. The highest BCUT2D eigenvalue weighted by atomic mass is 16.5. The number of likely N-dealkylation sites (N-methyl/N-ethyl adjacent to an activating group) is 1. The maximum atomic E-state index is 5.35. The topological polar surface area (TPSA) is 33.3 Å². The minimum absolute atomic E-state index is 0.533. The highest BCUT2D eigenvalue weighted by molar-refractivity contribution is 4.62. The molecule has 0 spiro atoms. The van der Waals surface area contributed by atoms with Gasteiger partial charge in [-0.25, -0.2) is 0 Å². The van der Waals surface area contributed by atoms with E-state index < -0.39 is 0 Å². The van der Waals surface area contributed by atoms with Crippen LogP contribution in [0, 0.1) is 0 Å². The summed E-state index contributed by atoms with van der Waals surface area (Å²) in [7, 11) is 0. The van der Waals surface area contributed by atoms with Gasteiger partial charge in [0.1, 0.15) is 0 Å². The lowest BCUT2D eigenvalue weighted by atomic mass is 10.3. The summed E-state index contributed by atoms with van der Waals surface area (Å²) >= 11 is 0. The predicted octanol–water partition coefficient (Wildman–Crippen LogP) is 1.00. The van der Waals surface area contributed by atoms with E-state index in [2.05, 4.69) is 31.4 Å².